The molecule has 1 aliphatic rings. The summed E-state index contributed by atoms with van der Waals surface area (Å²) >= 11 is 1.05. The van der Waals surface area contributed by atoms with Crippen molar-refractivity contribution in [2.45, 2.75) is 0 Å². The molecule has 0 aromatic heterocycles. The van der Waals surface area contributed by atoms with Crippen molar-refractivity contribution in [2.75, 3.05) is 37.3 Å². The third-order valence-corrected chi connectivity index (χ3v) is 6.54. The van der Waals surface area contributed by atoms with Gasteiger partial charge in [-0.3, -0.25) is 14.5 Å². The van der Waals surface area contributed by atoms with Crippen LogP contribution in [0.5, 0.6) is 17.2 Å². The predicted molar refractivity (Wildman–Crippen MR) is 150 cm³/mol. The average Bonchev–Trinajstić information content (AvgIpc) is 3.26. The first kappa shape index (κ1) is 27.3. The summed E-state index contributed by atoms with van der Waals surface area (Å²) in [4.78, 5) is 43.6. The number of para-hydroxylation sites is 2. The summed E-state index contributed by atoms with van der Waals surface area (Å²) in [5.41, 5.74) is 1.48. The van der Waals surface area contributed by atoms with Crippen LogP contribution in [0.3, 0.4) is 0 Å². The minimum absolute atomic E-state index is 0.0225. The molecule has 39 heavy (non-hydrogen) atoms. The summed E-state index contributed by atoms with van der Waals surface area (Å²) in [6, 6.07) is 18.5. The Hall–Kier alpha value is -4.77. The van der Waals surface area contributed by atoms with E-state index < -0.39 is 11.9 Å². The SMILES string of the molecule is COc1cc(/C=C2/N=C(SCC(=O)Nc3ccccc3C(=O)O)N(c3ccccc3)C2=O)cc(OC)c1OC. The van der Waals surface area contributed by atoms with E-state index in [2.05, 4.69) is 10.3 Å². The predicted octanol–water partition coefficient (Wildman–Crippen LogP) is 4.53. The van der Waals surface area contributed by atoms with Crippen molar-refractivity contribution in [1.29, 1.82) is 0 Å². The van der Waals surface area contributed by atoms with Gasteiger partial charge in [-0.15, -0.1) is 0 Å². The topological polar surface area (TPSA) is 127 Å². The van der Waals surface area contributed by atoms with Crippen molar-refractivity contribution >= 4 is 52.2 Å². The van der Waals surface area contributed by atoms with Crippen LogP contribution in [0.2, 0.25) is 0 Å². The quantitative estimate of drug-likeness (QED) is 0.374. The van der Waals surface area contributed by atoms with Crippen LogP contribution in [0.1, 0.15) is 15.9 Å². The lowest BCUT2D eigenvalue weighted by atomic mass is 10.1. The van der Waals surface area contributed by atoms with Gasteiger partial charge in [-0.25, -0.2) is 9.79 Å². The molecular weight excluding hydrogens is 522 g/mol. The van der Waals surface area contributed by atoms with Gasteiger partial charge < -0.3 is 24.6 Å². The molecule has 2 N–H and O–H groups in total. The molecule has 0 saturated carbocycles. The molecule has 2 amide bonds. The molecule has 1 heterocycles. The molecule has 0 saturated heterocycles. The van der Waals surface area contributed by atoms with Gasteiger partial charge in [0.05, 0.1) is 44.0 Å². The molecular formula is C28H25N3O7S. The smallest absolute Gasteiger partial charge is 0.337 e. The number of rotatable bonds is 9. The maximum atomic E-state index is 13.5. The number of ether oxygens (including phenoxy) is 3. The van der Waals surface area contributed by atoms with Gasteiger partial charge in [0.15, 0.2) is 16.7 Å². The number of amides is 2. The standard InChI is InChI=1S/C28H25N3O7S/c1-36-22-14-17(15-23(37-2)25(22)38-3)13-21-26(33)31(18-9-5-4-6-10-18)28(30-21)39-16-24(32)29-20-12-8-7-11-19(20)27(34)35/h4-15H,16H2,1-3H3,(H,29,32)(H,34,35)/b21-13+. The van der Waals surface area contributed by atoms with E-state index >= 15 is 0 Å². The Bertz CT molecular complexity index is 1450. The van der Waals surface area contributed by atoms with Crippen LogP contribution in [0.25, 0.3) is 6.08 Å². The zero-order valence-corrected chi connectivity index (χ0v) is 22.2. The number of hydrogen-bond donors (Lipinski definition) is 2. The number of hydrogen-bond acceptors (Lipinski definition) is 8. The number of aliphatic imine (C=N–C) groups is 1. The monoisotopic (exact) mass is 547 g/mol. The molecule has 0 fully saturated rings. The van der Waals surface area contributed by atoms with Gasteiger partial charge in [-0.05, 0) is 48.0 Å². The molecule has 11 heteroatoms. The van der Waals surface area contributed by atoms with Gasteiger partial charge in [0.25, 0.3) is 5.91 Å². The minimum Gasteiger partial charge on any atom is -0.493 e. The summed E-state index contributed by atoms with van der Waals surface area (Å²) in [5.74, 6) is -0.826. The van der Waals surface area contributed by atoms with E-state index in [9.17, 15) is 19.5 Å². The van der Waals surface area contributed by atoms with E-state index in [1.807, 2.05) is 6.07 Å². The molecule has 0 atom stereocenters. The lowest BCUT2D eigenvalue weighted by Gasteiger charge is -2.17. The summed E-state index contributed by atoms with van der Waals surface area (Å²) in [7, 11) is 4.50. The summed E-state index contributed by atoms with van der Waals surface area (Å²) < 4.78 is 16.2. The number of carboxylic acid groups (broad SMARTS) is 1. The number of methoxy groups -OCH3 is 3. The van der Waals surface area contributed by atoms with E-state index in [0.29, 0.717) is 33.7 Å². The van der Waals surface area contributed by atoms with Crippen molar-refractivity contribution in [2.24, 2.45) is 4.99 Å². The Kier molecular flexibility index (Phi) is 8.52. The normalized spacial score (nSPS) is 13.7. The van der Waals surface area contributed by atoms with Gasteiger partial charge in [0.1, 0.15) is 5.70 Å². The van der Waals surface area contributed by atoms with Crippen LogP contribution in [0.4, 0.5) is 11.4 Å². The summed E-state index contributed by atoms with van der Waals surface area (Å²) in [6.07, 6.45) is 1.60. The average molecular weight is 548 g/mol. The van der Waals surface area contributed by atoms with Gasteiger partial charge in [-0.1, -0.05) is 42.1 Å². The van der Waals surface area contributed by atoms with Gasteiger partial charge in [-0.2, -0.15) is 0 Å². The van der Waals surface area contributed by atoms with E-state index in [1.165, 1.54) is 38.4 Å². The number of anilines is 2. The maximum Gasteiger partial charge on any atom is 0.337 e. The molecule has 200 valence electrons. The zero-order valence-electron chi connectivity index (χ0n) is 21.3. The molecule has 0 radical (unpaired) electrons. The number of amidine groups is 1. The highest BCUT2D eigenvalue weighted by Crippen LogP contribution is 2.39. The van der Waals surface area contributed by atoms with Crippen molar-refractivity contribution in [3.8, 4) is 17.2 Å². The molecule has 0 spiro atoms. The number of aromatic carboxylic acids is 1. The Balaban J connectivity index is 1.63. The first-order valence-corrected chi connectivity index (χ1v) is 12.6. The molecule has 3 aromatic carbocycles. The van der Waals surface area contributed by atoms with Crippen molar-refractivity contribution < 1.29 is 33.7 Å². The third-order valence-electron chi connectivity index (χ3n) is 5.60. The molecule has 1 aliphatic heterocycles. The lowest BCUT2D eigenvalue weighted by molar-refractivity contribution is -0.114. The Morgan fingerprint density at radius 1 is 0.974 bits per heavy atom. The molecule has 10 nitrogen and oxygen atoms in total. The lowest BCUT2D eigenvalue weighted by Crippen LogP contribution is -2.31. The minimum atomic E-state index is -1.15. The highest BCUT2D eigenvalue weighted by molar-refractivity contribution is 8.14. The van der Waals surface area contributed by atoms with Crippen LogP contribution < -0.4 is 24.4 Å². The van der Waals surface area contributed by atoms with E-state index in [0.717, 1.165) is 11.8 Å². The first-order chi connectivity index (χ1) is 18.9. The largest absolute Gasteiger partial charge is 0.493 e. The molecule has 0 aliphatic carbocycles. The number of nitrogens with zero attached hydrogens (tertiary/aromatic N) is 2. The molecule has 0 unspecified atom stereocenters. The highest BCUT2D eigenvalue weighted by Gasteiger charge is 2.32. The highest BCUT2D eigenvalue weighted by atomic mass is 32.2. The maximum absolute atomic E-state index is 13.5. The molecule has 4 rings (SSSR count). The summed E-state index contributed by atoms with van der Waals surface area (Å²) in [6.45, 7) is 0. The second-order valence-electron chi connectivity index (χ2n) is 8.05. The van der Waals surface area contributed by atoms with Crippen molar-refractivity contribution in [3.05, 3.63) is 83.6 Å². The van der Waals surface area contributed by atoms with Gasteiger partial charge in [0.2, 0.25) is 11.7 Å². The second-order valence-corrected chi connectivity index (χ2v) is 8.99. The van der Waals surface area contributed by atoms with Gasteiger partial charge >= 0.3 is 5.97 Å². The van der Waals surface area contributed by atoms with Crippen molar-refractivity contribution in [3.63, 3.8) is 0 Å². The number of carboxylic acids is 1. The number of benzene rings is 3. The van der Waals surface area contributed by atoms with Crippen LogP contribution in [-0.2, 0) is 9.59 Å². The van der Waals surface area contributed by atoms with E-state index in [4.69, 9.17) is 14.2 Å². The third kappa shape index (κ3) is 6.04. The number of carbonyl (C=O) groups is 3. The molecule has 0 bridgehead atoms. The fourth-order valence-electron chi connectivity index (χ4n) is 3.84. The van der Waals surface area contributed by atoms with E-state index in [1.54, 1.807) is 54.6 Å². The Morgan fingerprint density at radius 3 is 2.23 bits per heavy atom. The fraction of sp³-hybridized carbons (Fsp3) is 0.143. The Labute approximate surface area is 228 Å². The first-order valence-electron chi connectivity index (χ1n) is 11.6. The van der Waals surface area contributed by atoms with Gasteiger partial charge in [0, 0.05) is 0 Å². The van der Waals surface area contributed by atoms with Crippen LogP contribution in [0.15, 0.2) is 77.4 Å². The fourth-order valence-corrected chi connectivity index (χ4v) is 4.65. The van der Waals surface area contributed by atoms with E-state index in [-0.39, 0.29) is 28.6 Å². The van der Waals surface area contributed by atoms with Crippen LogP contribution in [0, 0.1) is 0 Å². The number of carbonyl (C=O) groups excluding carboxylic acids is 2. The Morgan fingerprint density at radius 2 is 1.62 bits per heavy atom. The molecule has 3 aromatic rings. The summed E-state index contributed by atoms with van der Waals surface area (Å²) in [5, 5.41) is 12.3. The van der Waals surface area contributed by atoms with Crippen LogP contribution in [-0.4, -0.2) is 55.1 Å². The zero-order chi connectivity index (χ0) is 27.9. The van der Waals surface area contributed by atoms with Crippen LogP contribution >= 0.6 is 11.8 Å². The number of nitrogens with one attached hydrogen (secondary N) is 1. The second kappa shape index (κ2) is 12.2. The number of thioether (sulfide) groups is 1. The van der Waals surface area contributed by atoms with Crippen molar-refractivity contribution in [1.82, 2.24) is 0 Å².